The van der Waals surface area contributed by atoms with Crippen LogP contribution in [0, 0.1) is 0 Å². The van der Waals surface area contributed by atoms with E-state index >= 15 is 0 Å². The van der Waals surface area contributed by atoms with Crippen LogP contribution in [0.4, 0.5) is 0 Å². The summed E-state index contributed by atoms with van der Waals surface area (Å²) in [5, 5.41) is 15.8. The highest BCUT2D eigenvalue weighted by Gasteiger charge is 2.27. The lowest BCUT2D eigenvalue weighted by molar-refractivity contribution is 1.36. The average molecular weight is 921 g/mol. The molecular weight excluding hydrogens is 885 g/mol. The third kappa shape index (κ3) is 4.91. The highest BCUT2D eigenvalue weighted by molar-refractivity contribution is 7.26. The van der Waals surface area contributed by atoms with Gasteiger partial charge in [-0.15, -0.1) is 22.7 Å². The van der Waals surface area contributed by atoms with E-state index in [9.17, 15) is 0 Å². The van der Waals surface area contributed by atoms with Crippen LogP contribution in [-0.2, 0) is 0 Å². The Hall–Kier alpha value is -8.54. The number of fused-ring (bicyclic) bond motifs is 20. The summed E-state index contributed by atoms with van der Waals surface area (Å²) in [7, 11) is 0. The van der Waals surface area contributed by atoms with E-state index in [0.29, 0.717) is 0 Å². The van der Waals surface area contributed by atoms with Gasteiger partial charge >= 0.3 is 0 Å². The van der Waals surface area contributed by atoms with Crippen molar-refractivity contribution in [3.63, 3.8) is 0 Å². The molecule has 6 aromatic heterocycles. The topological polar surface area (TPSA) is 8.82 Å². The van der Waals surface area contributed by atoms with Crippen molar-refractivity contribution in [3.05, 3.63) is 218 Å². The smallest absolute Gasteiger partial charge is 0.0621 e. The van der Waals surface area contributed by atoms with Gasteiger partial charge in [0.2, 0.25) is 0 Å². The van der Waals surface area contributed by atoms with Crippen molar-refractivity contribution < 1.29 is 0 Å². The minimum absolute atomic E-state index is 1.22. The second kappa shape index (κ2) is 13.6. The van der Waals surface area contributed by atoms with Crippen molar-refractivity contribution >= 4 is 139 Å². The molecule has 11 aromatic carbocycles. The van der Waals surface area contributed by atoms with Crippen LogP contribution in [0.2, 0.25) is 0 Å². The van der Waals surface area contributed by atoms with Crippen LogP contribution in [0.15, 0.2) is 218 Å². The lowest BCUT2D eigenvalue weighted by Gasteiger charge is -2.08. The van der Waals surface area contributed by atoms with Crippen molar-refractivity contribution in [3.8, 4) is 44.5 Å². The molecular formula is C66H36N2S2. The highest BCUT2D eigenvalue weighted by Crippen LogP contribution is 2.51. The molecule has 0 saturated heterocycles. The zero-order valence-corrected chi connectivity index (χ0v) is 39.1. The molecule has 0 bridgehead atoms. The molecule has 0 saturated carbocycles. The van der Waals surface area contributed by atoms with Crippen LogP contribution in [0.5, 0.6) is 0 Å². The van der Waals surface area contributed by atoms with Crippen molar-refractivity contribution in [2.24, 2.45) is 0 Å². The molecule has 0 unspecified atom stereocenters. The summed E-state index contributed by atoms with van der Waals surface area (Å²) in [6, 6.07) is 82.2. The highest BCUT2D eigenvalue weighted by atomic mass is 32.1. The zero-order valence-electron chi connectivity index (χ0n) is 37.5. The Bertz CT molecular complexity index is 4730. The van der Waals surface area contributed by atoms with Gasteiger partial charge in [-0.2, -0.15) is 0 Å². The molecule has 322 valence electrons. The van der Waals surface area contributed by atoms with Gasteiger partial charge in [0, 0.05) is 83.4 Å². The van der Waals surface area contributed by atoms with E-state index < -0.39 is 0 Å². The summed E-state index contributed by atoms with van der Waals surface area (Å²) in [4.78, 5) is 0. The van der Waals surface area contributed by atoms with E-state index in [-0.39, 0.29) is 0 Å². The van der Waals surface area contributed by atoms with Crippen molar-refractivity contribution in [1.29, 1.82) is 0 Å². The minimum Gasteiger partial charge on any atom is -0.308 e. The standard InChI is InChI=1S/C66H36N2S2/c1-3-13-37(14-4-1)39-17-11-19-41(29-39)43-31-49-47-35-56-48(36-55(47)67-53-25-27-59-63(61(53)51(33-43)65(49)67)45-21-7-9-23-57(45)69-59)50-32-44(42-20-12-18-40(30-42)38-15-5-2-6-16-38)34-52-62-54(68(56)66(50)52)26-28-60-64(62)46-22-8-10-24-58(46)70-60/h1-36H. The number of thiophene rings is 2. The molecule has 0 atom stereocenters. The van der Waals surface area contributed by atoms with Crippen molar-refractivity contribution in [1.82, 2.24) is 8.80 Å². The molecule has 6 heterocycles. The molecule has 17 rings (SSSR count). The van der Waals surface area contributed by atoms with Crippen LogP contribution >= 0.6 is 22.7 Å². The fourth-order valence-electron chi connectivity index (χ4n) is 12.5. The number of benzene rings is 11. The molecule has 4 heteroatoms. The Morgan fingerprint density at radius 2 is 0.600 bits per heavy atom. The Balaban J connectivity index is 1.03. The van der Waals surface area contributed by atoms with Crippen LogP contribution in [-0.4, -0.2) is 8.80 Å². The molecule has 17 aromatic rings. The summed E-state index contributed by atoms with van der Waals surface area (Å²) < 4.78 is 10.5. The minimum atomic E-state index is 1.22. The van der Waals surface area contributed by atoms with Gasteiger partial charge < -0.3 is 8.80 Å². The van der Waals surface area contributed by atoms with Gasteiger partial charge in [0.15, 0.2) is 0 Å². The Kier molecular flexibility index (Phi) is 7.26. The van der Waals surface area contributed by atoms with Crippen LogP contribution in [0.1, 0.15) is 0 Å². The van der Waals surface area contributed by atoms with Gasteiger partial charge in [-0.05, 0) is 129 Å². The van der Waals surface area contributed by atoms with Gasteiger partial charge in [-0.3, -0.25) is 0 Å². The summed E-state index contributed by atoms with van der Waals surface area (Å²) in [5.74, 6) is 0. The monoisotopic (exact) mass is 920 g/mol. The quantitative estimate of drug-likeness (QED) is 0.166. The third-order valence-corrected chi connectivity index (χ3v) is 17.8. The van der Waals surface area contributed by atoms with Gasteiger partial charge in [0.1, 0.15) is 0 Å². The van der Waals surface area contributed by atoms with E-state index in [2.05, 4.69) is 227 Å². The number of aromatic nitrogens is 2. The number of rotatable bonds is 4. The third-order valence-electron chi connectivity index (χ3n) is 15.5. The fourth-order valence-corrected chi connectivity index (χ4v) is 14.8. The van der Waals surface area contributed by atoms with E-state index in [0.717, 1.165) is 0 Å². The molecule has 0 amide bonds. The second-order valence-electron chi connectivity index (χ2n) is 19.2. The van der Waals surface area contributed by atoms with Crippen LogP contribution in [0.3, 0.4) is 0 Å². The Morgan fingerprint density at radius 1 is 0.214 bits per heavy atom. The predicted molar refractivity (Wildman–Crippen MR) is 303 cm³/mol. The van der Waals surface area contributed by atoms with E-state index in [1.807, 2.05) is 22.7 Å². The fraction of sp³-hybridized carbons (Fsp3) is 0. The first-order valence-electron chi connectivity index (χ1n) is 24.1. The first-order chi connectivity index (χ1) is 34.7. The molecule has 0 radical (unpaired) electrons. The Labute approximate surface area is 408 Å². The number of nitrogens with zero attached hydrogens (tertiary/aromatic N) is 2. The van der Waals surface area contributed by atoms with Gasteiger partial charge in [-0.1, -0.05) is 133 Å². The van der Waals surface area contributed by atoms with Crippen LogP contribution in [0.25, 0.3) is 161 Å². The molecule has 0 aliphatic carbocycles. The average Bonchev–Trinajstić information content (AvgIpc) is 4.27. The largest absolute Gasteiger partial charge is 0.308 e. The second-order valence-corrected chi connectivity index (χ2v) is 21.3. The molecule has 70 heavy (non-hydrogen) atoms. The normalized spacial score (nSPS) is 12.6. The van der Waals surface area contributed by atoms with Crippen molar-refractivity contribution in [2.75, 3.05) is 0 Å². The summed E-state index contributed by atoms with van der Waals surface area (Å²) >= 11 is 3.80. The summed E-state index contributed by atoms with van der Waals surface area (Å²) in [5.41, 5.74) is 17.4. The molecule has 0 aliphatic heterocycles. The maximum Gasteiger partial charge on any atom is 0.0621 e. The van der Waals surface area contributed by atoms with E-state index in [1.54, 1.807) is 0 Å². The van der Waals surface area contributed by atoms with Gasteiger partial charge in [0.05, 0.1) is 33.1 Å². The summed E-state index contributed by atoms with van der Waals surface area (Å²) in [6.07, 6.45) is 0. The molecule has 0 N–H and O–H groups in total. The maximum atomic E-state index is 2.60. The lowest BCUT2D eigenvalue weighted by Crippen LogP contribution is -1.84. The van der Waals surface area contributed by atoms with E-state index in [1.165, 1.54) is 161 Å². The predicted octanol–water partition coefficient (Wildman–Crippen LogP) is 19.4. The number of hydrogen-bond donors (Lipinski definition) is 0. The molecule has 0 aliphatic rings. The van der Waals surface area contributed by atoms with Gasteiger partial charge in [-0.25, -0.2) is 0 Å². The maximum absolute atomic E-state index is 2.60. The summed E-state index contributed by atoms with van der Waals surface area (Å²) in [6.45, 7) is 0. The lowest BCUT2D eigenvalue weighted by atomic mass is 9.95. The number of hydrogen-bond acceptors (Lipinski definition) is 2. The molecule has 0 spiro atoms. The van der Waals surface area contributed by atoms with Gasteiger partial charge in [0.25, 0.3) is 0 Å². The molecule has 2 nitrogen and oxygen atoms in total. The SMILES string of the molecule is c1ccc(-c2cccc(-c3cc4c5cc6c(cc5n5c7ccc8sc9ccccc9c8c7c(c3)c45)c3cc(-c4cccc(-c5ccccc5)c4)cc4c5c7c(ccc5n6c34)sc3ccccc37)c2)cc1. The zero-order chi connectivity index (χ0) is 45.3. The Morgan fingerprint density at radius 3 is 1.06 bits per heavy atom. The first kappa shape index (κ1) is 37.4. The van der Waals surface area contributed by atoms with Crippen LogP contribution < -0.4 is 0 Å². The molecule has 0 fully saturated rings. The first-order valence-corrected chi connectivity index (χ1v) is 25.7. The van der Waals surface area contributed by atoms with E-state index in [4.69, 9.17) is 0 Å². The van der Waals surface area contributed by atoms with Crippen molar-refractivity contribution in [2.45, 2.75) is 0 Å².